The van der Waals surface area contributed by atoms with E-state index in [1.54, 1.807) is 0 Å². The summed E-state index contributed by atoms with van der Waals surface area (Å²) >= 11 is 0. The van der Waals surface area contributed by atoms with E-state index in [4.69, 9.17) is 4.74 Å². The highest BCUT2D eigenvalue weighted by Gasteiger charge is 2.21. The van der Waals surface area contributed by atoms with Gasteiger partial charge in [-0.1, -0.05) is 32.9 Å². The summed E-state index contributed by atoms with van der Waals surface area (Å²) in [6.07, 6.45) is 3.64. The molecule has 144 valence electrons. The fourth-order valence-corrected chi connectivity index (χ4v) is 3.19. The minimum Gasteiger partial charge on any atom is -0.484 e. The third-order valence-electron chi connectivity index (χ3n) is 4.96. The number of nitrogens with zero attached hydrogens (tertiary/aromatic N) is 3. The second-order valence-corrected chi connectivity index (χ2v) is 8.08. The van der Waals surface area contributed by atoms with Gasteiger partial charge >= 0.3 is 0 Å². The molecule has 1 aliphatic rings. The lowest BCUT2D eigenvalue weighted by Crippen LogP contribution is -2.49. The molecule has 0 aliphatic carbocycles. The molecule has 0 bridgehead atoms. The molecule has 0 radical (unpaired) electrons. The quantitative estimate of drug-likeness (QED) is 0.815. The van der Waals surface area contributed by atoms with Crippen LogP contribution in [0.1, 0.15) is 31.9 Å². The molecule has 2 aromatic rings. The number of carbonyl (C=O) groups is 1. The van der Waals surface area contributed by atoms with Gasteiger partial charge in [0.1, 0.15) is 5.75 Å². The summed E-state index contributed by atoms with van der Waals surface area (Å²) in [5.41, 5.74) is 2.63. The summed E-state index contributed by atoms with van der Waals surface area (Å²) in [6.45, 7) is 10.8. The number of aromatic nitrogens is 1. The van der Waals surface area contributed by atoms with E-state index in [1.807, 2.05) is 41.6 Å². The maximum atomic E-state index is 12.4. The Kier molecular flexibility index (Phi) is 6.11. The van der Waals surface area contributed by atoms with E-state index in [-0.39, 0.29) is 17.9 Å². The average Bonchev–Trinajstić information content (AvgIpc) is 2.67. The summed E-state index contributed by atoms with van der Waals surface area (Å²) in [4.78, 5) is 20.7. The second kappa shape index (κ2) is 8.53. The molecule has 5 nitrogen and oxygen atoms in total. The molecule has 1 amide bonds. The molecule has 0 atom stereocenters. The predicted octanol–water partition coefficient (Wildman–Crippen LogP) is 3.10. The number of piperazine rings is 1. The Morgan fingerprint density at radius 2 is 1.63 bits per heavy atom. The molecule has 1 aromatic heterocycles. The van der Waals surface area contributed by atoms with Crippen LogP contribution in [0.15, 0.2) is 48.8 Å². The molecule has 27 heavy (non-hydrogen) atoms. The van der Waals surface area contributed by atoms with E-state index < -0.39 is 0 Å². The first-order chi connectivity index (χ1) is 12.9. The average molecular weight is 367 g/mol. The van der Waals surface area contributed by atoms with Crippen LogP contribution >= 0.6 is 0 Å². The zero-order valence-electron chi connectivity index (χ0n) is 16.5. The fraction of sp³-hybridized carbons (Fsp3) is 0.455. The number of benzene rings is 1. The number of rotatable bonds is 5. The van der Waals surface area contributed by atoms with Crippen LogP contribution in [0.4, 0.5) is 0 Å². The van der Waals surface area contributed by atoms with Crippen molar-refractivity contribution in [3.8, 4) is 5.75 Å². The zero-order valence-corrected chi connectivity index (χ0v) is 16.5. The smallest absolute Gasteiger partial charge is 0.260 e. The summed E-state index contributed by atoms with van der Waals surface area (Å²) in [5.74, 6) is 0.797. The lowest BCUT2D eigenvalue weighted by molar-refractivity contribution is -0.135. The van der Waals surface area contributed by atoms with Crippen molar-refractivity contribution in [3.63, 3.8) is 0 Å². The Hall–Kier alpha value is -2.40. The zero-order chi connectivity index (χ0) is 19.3. The molecule has 0 spiro atoms. The fourth-order valence-electron chi connectivity index (χ4n) is 3.19. The molecule has 1 aromatic carbocycles. The topological polar surface area (TPSA) is 45.7 Å². The minimum atomic E-state index is 0.0541. The number of hydrogen-bond donors (Lipinski definition) is 0. The van der Waals surface area contributed by atoms with Crippen LogP contribution in [-0.2, 0) is 16.8 Å². The van der Waals surface area contributed by atoms with Crippen LogP contribution < -0.4 is 4.74 Å². The largest absolute Gasteiger partial charge is 0.484 e. The Bertz CT molecular complexity index is 730. The van der Waals surface area contributed by atoms with Gasteiger partial charge < -0.3 is 9.64 Å². The molecular formula is C22H29N3O2. The van der Waals surface area contributed by atoms with Crippen molar-refractivity contribution in [3.05, 3.63) is 59.9 Å². The Labute approximate surface area is 162 Å². The second-order valence-electron chi connectivity index (χ2n) is 8.08. The van der Waals surface area contributed by atoms with Gasteiger partial charge in [-0.2, -0.15) is 0 Å². The van der Waals surface area contributed by atoms with Crippen molar-refractivity contribution in [1.82, 2.24) is 14.8 Å². The van der Waals surface area contributed by atoms with Crippen LogP contribution in [0.3, 0.4) is 0 Å². The van der Waals surface area contributed by atoms with Crippen molar-refractivity contribution < 1.29 is 9.53 Å². The number of pyridine rings is 1. The molecule has 3 rings (SSSR count). The van der Waals surface area contributed by atoms with Crippen LogP contribution in [0.2, 0.25) is 0 Å². The van der Waals surface area contributed by atoms with E-state index in [9.17, 15) is 4.79 Å². The van der Waals surface area contributed by atoms with Gasteiger partial charge in [0, 0.05) is 45.1 Å². The summed E-state index contributed by atoms with van der Waals surface area (Å²) in [5, 5.41) is 0. The summed E-state index contributed by atoms with van der Waals surface area (Å²) in [7, 11) is 0. The van der Waals surface area contributed by atoms with Crippen molar-refractivity contribution in [2.75, 3.05) is 32.8 Å². The highest BCUT2D eigenvalue weighted by Crippen LogP contribution is 2.24. The molecule has 0 N–H and O–H groups in total. The SMILES string of the molecule is CC(C)(C)c1ccc(OCC(=O)N2CCN(Cc3ccncc3)CC2)cc1. The molecule has 1 fully saturated rings. The van der Waals surface area contributed by atoms with E-state index in [0.29, 0.717) is 0 Å². The van der Waals surface area contributed by atoms with Gasteiger partial charge in [-0.3, -0.25) is 14.7 Å². The van der Waals surface area contributed by atoms with Gasteiger partial charge in [-0.15, -0.1) is 0 Å². The van der Waals surface area contributed by atoms with Crippen molar-refractivity contribution in [2.45, 2.75) is 32.7 Å². The molecule has 2 heterocycles. The van der Waals surface area contributed by atoms with E-state index >= 15 is 0 Å². The van der Waals surface area contributed by atoms with Crippen LogP contribution in [-0.4, -0.2) is 53.5 Å². The summed E-state index contributed by atoms with van der Waals surface area (Å²) in [6, 6.07) is 12.1. The van der Waals surface area contributed by atoms with Crippen LogP contribution in [0.5, 0.6) is 5.75 Å². The first kappa shape index (κ1) is 19.4. The van der Waals surface area contributed by atoms with Gasteiger partial charge in [0.25, 0.3) is 5.91 Å². The molecular weight excluding hydrogens is 338 g/mol. The third kappa shape index (κ3) is 5.54. The van der Waals surface area contributed by atoms with Crippen LogP contribution in [0, 0.1) is 0 Å². The van der Waals surface area contributed by atoms with Gasteiger partial charge in [-0.25, -0.2) is 0 Å². The summed E-state index contributed by atoms with van der Waals surface area (Å²) < 4.78 is 5.70. The Morgan fingerprint density at radius 1 is 1.00 bits per heavy atom. The highest BCUT2D eigenvalue weighted by molar-refractivity contribution is 5.77. The number of carbonyl (C=O) groups excluding carboxylic acids is 1. The number of hydrogen-bond acceptors (Lipinski definition) is 4. The monoisotopic (exact) mass is 367 g/mol. The van der Waals surface area contributed by atoms with Gasteiger partial charge in [0.15, 0.2) is 6.61 Å². The normalized spacial score (nSPS) is 15.6. The number of amides is 1. The Balaban J connectivity index is 1.43. The Morgan fingerprint density at radius 3 is 2.22 bits per heavy atom. The number of ether oxygens (including phenoxy) is 1. The lowest BCUT2D eigenvalue weighted by Gasteiger charge is -2.34. The highest BCUT2D eigenvalue weighted by atomic mass is 16.5. The van der Waals surface area contributed by atoms with E-state index in [1.165, 1.54) is 11.1 Å². The van der Waals surface area contributed by atoms with E-state index in [0.717, 1.165) is 38.5 Å². The van der Waals surface area contributed by atoms with E-state index in [2.05, 4.69) is 42.8 Å². The molecule has 0 unspecified atom stereocenters. The van der Waals surface area contributed by atoms with Crippen LogP contribution in [0.25, 0.3) is 0 Å². The first-order valence-electron chi connectivity index (χ1n) is 9.54. The molecule has 0 saturated carbocycles. The maximum absolute atomic E-state index is 12.4. The first-order valence-corrected chi connectivity index (χ1v) is 9.54. The predicted molar refractivity (Wildman–Crippen MR) is 107 cm³/mol. The molecule has 1 saturated heterocycles. The van der Waals surface area contributed by atoms with Crippen molar-refractivity contribution in [1.29, 1.82) is 0 Å². The van der Waals surface area contributed by atoms with Gasteiger partial charge in [-0.05, 0) is 40.8 Å². The van der Waals surface area contributed by atoms with Gasteiger partial charge in [0.05, 0.1) is 0 Å². The van der Waals surface area contributed by atoms with Crippen molar-refractivity contribution >= 4 is 5.91 Å². The van der Waals surface area contributed by atoms with Crippen molar-refractivity contribution in [2.24, 2.45) is 0 Å². The maximum Gasteiger partial charge on any atom is 0.260 e. The minimum absolute atomic E-state index is 0.0541. The lowest BCUT2D eigenvalue weighted by atomic mass is 9.87. The molecule has 1 aliphatic heterocycles. The van der Waals surface area contributed by atoms with Gasteiger partial charge in [0.2, 0.25) is 0 Å². The standard InChI is InChI=1S/C22H29N3O2/c1-22(2,3)19-4-6-20(7-5-19)27-17-21(26)25-14-12-24(13-15-25)16-18-8-10-23-11-9-18/h4-11H,12-17H2,1-3H3. The third-order valence-corrected chi connectivity index (χ3v) is 4.96. The molecule has 5 heteroatoms.